The van der Waals surface area contributed by atoms with Gasteiger partial charge in [-0.2, -0.15) is 13.2 Å². The number of nitrogens with zero attached hydrogens (tertiary/aromatic N) is 1. The molecule has 108 valence electrons. The number of sulfonamides is 1. The fourth-order valence-electron chi connectivity index (χ4n) is 1.62. The Labute approximate surface area is 110 Å². The second-order valence-corrected chi connectivity index (χ2v) is 5.29. The Morgan fingerprint density at radius 1 is 1.35 bits per heavy atom. The van der Waals surface area contributed by atoms with Crippen LogP contribution in [0.1, 0.15) is 5.56 Å². The average molecular weight is 308 g/mol. The number of nitrogens with two attached hydrogens (primary N) is 1. The van der Waals surface area contributed by atoms with E-state index < -0.39 is 26.7 Å². The van der Waals surface area contributed by atoms with Crippen molar-refractivity contribution < 1.29 is 26.4 Å². The molecule has 0 bridgehead atoms. The SMILES string of the molecule is NS(=O)(=O)c1cc2nc(NC=O)[nH]c2cc1C(F)(F)F. The van der Waals surface area contributed by atoms with Crippen molar-refractivity contribution in [1.82, 2.24) is 9.97 Å². The van der Waals surface area contributed by atoms with Gasteiger partial charge in [0.05, 0.1) is 21.5 Å². The minimum absolute atomic E-state index is 0.0774. The lowest BCUT2D eigenvalue weighted by atomic mass is 10.2. The molecule has 0 spiro atoms. The molecule has 0 aliphatic heterocycles. The first-order valence-electron chi connectivity index (χ1n) is 4.97. The molecule has 1 amide bonds. The molecule has 1 aromatic heterocycles. The lowest BCUT2D eigenvalue weighted by Gasteiger charge is -2.11. The summed E-state index contributed by atoms with van der Waals surface area (Å²) < 4.78 is 61.0. The molecule has 20 heavy (non-hydrogen) atoms. The summed E-state index contributed by atoms with van der Waals surface area (Å²) >= 11 is 0. The molecule has 11 heteroatoms. The van der Waals surface area contributed by atoms with Crippen LogP contribution in [0.3, 0.4) is 0 Å². The highest BCUT2D eigenvalue weighted by molar-refractivity contribution is 7.89. The largest absolute Gasteiger partial charge is 0.417 e. The Balaban J connectivity index is 2.78. The van der Waals surface area contributed by atoms with Crippen molar-refractivity contribution in [3.63, 3.8) is 0 Å². The van der Waals surface area contributed by atoms with Crippen LogP contribution in [0, 0.1) is 0 Å². The third-order valence-electron chi connectivity index (χ3n) is 2.39. The molecule has 4 N–H and O–H groups in total. The molecule has 2 aromatic rings. The van der Waals surface area contributed by atoms with Gasteiger partial charge in [0.15, 0.2) is 0 Å². The molecule has 0 unspecified atom stereocenters. The van der Waals surface area contributed by atoms with E-state index >= 15 is 0 Å². The van der Waals surface area contributed by atoms with Gasteiger partial charge >= 0.3 is 6.18 Å². The lowest BCUT2D eigenvalue weighted by molar-refractivity contribution is -0.139. The third kappa shape index (κ3) is 2.58. The molecule has 7 nitrogen and oxygen atoms in total. The Kier molecular flexibility index (Phi) is 3.18. The van der Waals surface area contributed by atoms with Crippen molar-refractivity contribution in [1.29, 1.82) is 0 Å². The van der Waals surface area contributed by atoms with Crippen molar-refractivity contribution in [2.45, 2.75) is 11.1 Å². The highest BCUT2D eigenvalue weighted by atomic mass is 32.2. The number of imidazole rings is 1. The van der Waals surface area contributed by atoms with E-state index in [-0.39, 0.29) is 23.4 Å². The predicted octanol–water partition coefficient (Wildman–Crippen LogP) is 0.797. The summed E-state index contributed by atoms with van der Waals surface area (Å²) in [4.78, 5) is 15.3. The number of aromatic nitrogens is 2. The molecular weight excluding hydrogens is 301 g/mol. The maximum atomic E-state index is 12.8. The van der Waals surface area contributed by atoms with Gasteiger partial charge in [-0.15, -0.1) is 0 Å². The Hall–Kier alpha value is -2.14. The quantitative estimate of drug-likeness (QED) is 0.727. The summed E-state index contributed by atoms with van der Waals surface area (Å²) in [5.74, 6) is -0.116. The Morgan fingerprint density at radius 2 is 2.00 bits per heavy atom. The maximum Gasteiger partial charge on any atom is 0.417 e. The van der Waals surface area contributed by atoms with E-state index in [9.17, 15) is 26.4 Å². The maximum absolute atomic E-state index is 12.8. The van der Waals surface area contributed by atoms with E-state index in [1.807, 2.05) is 0 Å². The summed E-state index contributed by atoms with van der Waals surface area (Å²) in [6, 6.07) is 1.26. The van der Waals surface area contributed by atoms with Crippen LogP contribution in [0.2, 0.25) is 0 Å². The fourth-order valence-corrected chi connectivity index (χ4v) is 2.38. The number of carbonyl (C=O) groups excluding carboxylic acids is 1. The molecule has 0 saturated heterocycles. The Bertz CT molecular complexity index is 782. The van der Waals surface area contributed by atoms with Gasteiger partial charge in [0, 0.05) is 0 Å². The topological polar surface area (TPSA) is 118 Å². The number of alkyl halides is 3. The van der Waals surface area contributed by atoms with Crippen molar-refractivity contribution >= 4 is 33.4 Å². The summed E-state index contributed by atoms with van der Waals surface area (Å²) in [6.07, 6.45) is -4.64. The zero-order valence-corrected chi connectivity index (χ0v) is 10.3. The van der Waals surface area contributed by atoms with Crippen LogP contribution in [0.15, 0.2) is 17.0 Å². The molecule has 0 atom stereocenters. The number of H-pyrrole nitrogens is 1. The molecule has 1 heterocycles. The highest BCUT2D eigenvalue weighted by Crippen LogP contribution is 2.36. The number of nitrogens with one attached hydrogen (secondary N) is 2. The normalized spacial score (nSPS) is 12.6. The van der Waals surface area contributed by atoms with Gasteiger partial charge in [-0.3, -0.25) is 10.1 Å². The van der Waals surface area contributed by atoms with Crippen molar-refractivity contribution in [2.24, 2.45) is 5.14 Å². The number of aromatic amines is 1. The van der Waals surface area contributed by atoms with E-state index in [0.717, 1.165) is 0 Å². The standard InChI is InChI=1S/C9H7F3N4O3S/c10-9(11,12)4-1-5-6(2-7(4)20(13,18)19)16-8(15-5)14-3-17/h1-3H,(H2,13,18,19)(H2,14,15,16,17). The van der Waals surface area contributed by atoms with Crippen molar-refractivity contribution in [3.8, 4) is 0 Å². The molecule has 0 aliphatic carbocycles. The van der Waals surface area contributed by atoms with Crippen molar-refractivity contribution in [2.75, 3.05) is 5.32 Å². The number of halogens is 3. The van der Waals surface area contributed by atoms with E-state index in [4.69, 9.17) is 5.14 Å². The zero-order chi connectivity index (χ0) is 15.1. The molecular formula is C9H7F3N4O3S. The molecule has 0 radical (unpaired) electrons. The number of hydrogen-bond acceptors (Lipinski definition) is 4. The number of amides is 1. The highest BCUT2D eigenvalue weighted by Gasteiger charge is 2.37. The van der Waals surface area contributed by atoms with Crippen molar-refractivity contribution in [3.05, 3.63) is 17.7 Å². The average Bonchev–Trinajstić information content (AvgIpc) is 2.66. The zero-order valence-electron chi connectivity index (χ0n) is 9.52. The van der Waals surface area contributed by atoms with Gasteiger partial charge < -0.3 is 4.98 Å². The molecule has 2 rings (SSSR count). The second-order valence-electron chi connectivity index (χ2n) is 3.76. The Morgan fingerprint density at radius 3 is 2.50 bits per heavy atom. The minimum atomic E-state index is -4.90. The van der Waals surface area contributed by atoms with Gasteiger partial charge in [0.2, 0.25) is 22.4 Å². The van der Waals surface area contributed by atoms with Crippen LogP contribution in [-0.2, 0) is 21.0 Å². The fraction of sp³-hybridized carbons (Fsp3) is 0.111. The molecule has 0 aliphatic rings. The van der Waals surface area contributed by atoms with Gasteiger partial charge in [-0.1, -0.05) is 0 Å². The number of hydrogen-bond donors (Lipinski definition) is 3. The van der Waals surface area contributed by atoms with Crippen LogP contribution in [0.5, 0.6) is 0 Å². The number of anilines is 1. The lowest BCUT2D eigenvalue weighted by Crippen LogP contribution is -2.19. The van der Waals surface area contributed by atoms with Crippen LogP contribution >= 0.6 is 0 Å². The van der Waals surface area contributed by atoms with E-state index in [0.29, 0.717) is 12.1 Å². The van der Waals surface area contributed by atoms with E-state index in [2.05, 4.69) is 15.3 Å². The third-order valence-corrected chi connectivity index (χ3v) is 3.34. The monoisotopic (exact) mass is 308 g/mol. The van der Waals surface area contributed by atoms with Gasteiger partial charge in [-0.25, -0.2) is 18.5 Å². The molecule has 0 saturated carbocycles. The number of fused-ring (bicyclic) bond motifs is 1. The molecule has 1 aromatic carbocycles. The first-order chi connectivity index (χ1) is 9.13. The van der Waals surface area contributed by atoms with Crippen LogP contribution in [0.25, 0.3) is 11.0 Å². The number of rotatable bonds is 3. The number of primary sulfonamides is 1. The number of carbonyl (C=O) groups is 1. The second kappa shape index (κ2) is 4.45. The minimum Gasteiger partial charge on any atom is -0.324 e. The summed E-state index contributed by atoms with van der Waals surface area (Å²) in [5, 5.41) is 6.88. The van der Waals surface area contributed by atoms with Crippen LogP contribution in [-0.4, -0.2) is 24.8 Å². The van der Waals surface area contributed by atoms with E-state index in [1.165, 1.54) is 0 Å². The number of benzene rings is 1. The smallest absolute Gasteiger partial charge is 0.324 e. The summed E-state index contributed by atoms with van der Waals surface area (Å²) in [5.41, 5.74) is -1.57. The van der Waals surface area contributed by atoms with Gasteiger partial charge in [0.1, 0.15) is 0 Å². The first-order valence-corrected chi connectivity index (χ1v) is 6.51. The van der Waals surface area contributed by atoms with Gasteiger partial charge in [-0.05, 0) is 12.1 Å². The molecule has 0 fully saturated rings. The van der Waals surface area contributed by atoms with Crippen LogP contribution in [0.4, 0.5) is 19.1 Å². The van der Waals surface area contributed by atoms with Crippen LogP contribution < -0.4 is 10.5 Å². The summed E-state index contributed by atoms with van der Waals surface area (Å²) in [6.45, 7) is 0. The first kappa shape index (κ1) is 14.3. The summed E-state index contributed by atoms with van der Waals surface area (Å²) in [7, 11) is -4.57. The predicted molar refractivity (Wildman–Crippen MR) is 62.2 cm³/mol. The van der Waals surface area contributed by atoms with E-state index in [1.54, 1.807) is 0 Å². The van der Waals surface area contributed by atoms with Gasteiger partial charge in [0.25, 0.3) is 0 Å².